The third kappa shape index (κ3) is 4.55. The molecule has 3 aromatic rings. The Morgan fingerprint density at radius 1 is 1.12 bits per heavy atom. The van der Waals surface area contributed by atoms with E-state index in [4.69, 9.17) is 0 Å². The number of hydrogen-bond acceptors (Lipinski definition) is 5. The first kappa shape index (κ1) is 28.1. The summed E-state index contributed by atoms with van der Waals surface area (Å²) in [5.74, 6) is -1.90. The Hall–Kier alpha value is -3.41. The summed E-state index contributed by atoms with van der Waals surface area (Å²) in [7, 11) is 0. The zero-order chi connectivity index (χ0) is 28.9. The van der Waals surface area contributed by atoms with Crippen molar-refractivity contribution in [2.24, 2.45) is 0 Å². The molecular weight excluding hydrogens is 551 g/mol. The second kappa shape index (κ2) is 10.5. The molecule has 0 spiro atoms. The highest BCUT2D eigenvalue weighted by Gasteiger charge is 2.41. The van der Waals surface area contributed by atoms with Crippen molar-refractivity contribution in [1.29, 1.82) is 0 Å². The Morgan fingerprint density at radius 3 is 2.48 bits per heavy atom. The number of rotatable bonds is 5. The van der Waals surface area contributed by atoms with E-state index in [1.807, 2.05) is 18.7 Å². The molecule has 212 valence electrons. The van der Waals surface area contributed by atoms with Gasteiger partial charge in [-0.15, -0.1) is 11.8 Å². The second-order valence-electron chi connectivity index (χ2n) is 9.74. The average molecular weight is 579 g/mol. The number of amides is 1. The van der Waals surface area contributed by atoms with Crippen LogP contribution >= 0.6 is 11.8 Å². The van der Waals surface area contributed by atoms with Crippen molar-refractivity contribution in [3.05, 3.63) is 64.6 Å². The van der Waals surface area contributed by atoms with Gasteiger partial charge in [-0.05, 0) is 37.1 Å². The van der Waals surface area contributed by atoms with Gasteiger partial charge in [0, 0.05) is 52.9 Å². The highest BCUT2D eigenvalue weighted by Crippen LogP contribution is 2.49. The molecule has 6 nitrogen and oxygen atoms in total. The molecule has 0 radical (unpaired) electrons. The van der Waals surface area contributed by atoms with Gasteiger partial charge in [0.15, 0.2) is 0 Å². The van der Waals surface area contributed by atoms with Gasteiger partial charge < -0.3 is 9.80 Å². The summed E-state index contributed by atoms with van der Waals surface area (Å²) < 4.78 is 73.9. The molecule has 2 unspecified atom stereocenters. The molecule has 12 heteroatoms. The van der Waals surface area contributed by atoms with E-state index in [9.17, 15) is 31.5 Å². The van der Waals surface area contributed by atoms with Crippen LogP contribution in [0.5, 0.6) is 0 Å². The van der Waals surface area contributed by atoms with Gasteiger partial charge in [0.1, 0.15) is 17.5 Å². The van der Waals surface area contributed by atoms with Crippen LogP contribution in [0.4, 0.5) is 27.8 Å². The molecule has 1 amide bonds. The molecule has 1 fully saturated rings. The largest absolute Gasteiger partial charge is 0.417 e. The van der Waals surface area contributed by atoms with Crippen molar-refractivity contribution < 1.29 is 26.7 Å². The van der Waals surface area contributed by atoms with E-state index in [0.29, 0.717) is 18.9 Å². The lowest BCUT2D eigenvalue weighted by atomic mass is 9.94. The van der Waals surface area contributed by atoms with E-state index in [-0.39, 0.29) is 65.0 Å². The van der Waals surface area contributed by atoms with E-state index >= 15 is 0 Å². The molecule has 0 bridgehead atoms. The van der Waals surface area contributed by atoms with Crippen LogP contribution < -0.4 is 10.6 Å². The van der Waals surface area contributed by atoms with Crippen LogP contribution in [0.2, 0.25) is 0 Å². The number of aromatic nitrogens is 2. The number of aryl methyl sites for hydroxylation is 1. The fraction of sp³-hybridized carbons (Fsp3) is 0.393. The SMILES string of the molecule is C=CC(=O)N1CCN(c2nc(=O)n3c4c(c(-c5ccc(F)cc5F)c(C(F)(F)F)cc24)SCC3)C(CC)C1CC. The number of carbonyl (C=O) groups excluding carboxylic acids is 1. The maximum Gasteiger partial charge on any atom is 0.417 e. The Morgan fingerprint density at radius 2 is 1.85 bits per heavy atom. The highest BCUT2D eigenvalue weighted by atomic mass is 32.2. The van der Waals surface area contributed by atoms with Crippen LogP contribution in [0, 0.1) is 11.6 Å². The molecule has 0 aliphatic carbocycles. The predicted molar refractivity (Wildman–Crippen MR) is 144 cm³/mol. The summed E-state index contributed by atoms with van der Waals surface area (Å²) in [6, 6.07) is 2.78. The minimum Gasteiger partial charge on any atom is -0.349 e. The van der Waals surface area contributed by atoms with Crippen molar-refractivity contribution in [1.82, 2.24) is 14.5 Å². The lowest BCUT2D eigenvalue weighted by molar-refractivity contribution is -0.137. The van der Waals surface area contributed by atoms with Crippen LogP contribution in [-0.4, -0.2) is 51.3 Å². The first-order chi connectivity index (χ1) is 19.0. The van der Waals surface area contributed by atoms with Gasteiger partial charge in [-0.25, -0.2) is 13.6 Å². The van der Waals surface area contributed by atoms with Crippen LogP contribution in [0.1, 0.15) is 32.3 Å². The van der Waals surface area contributed by atoms with Crippen molar-refractivity contribution in [2.75, 3.05) is 23.7 Å². The first-order valence-corrected chi connectivity index (χ1v) is 14.0. The highest BCUT2D eigenvalue weighted by molar-refractivity contribution is 7.99. The number of nitrogens with zero attached hydrogens (tertiary/aromatic N) is 4. The number of halogens is 5. The monoisotopic (exact) mass is 578 g/mol. The smallest absolute Gasteiger partial charge is 0.349 e. The molecule has 2 aromatic carbocycles. The predicted octanol–water partition coefficient (Wildman–Crippen LogP) is 5.86. The van der Waals surface area contributed by atoms with Gasteiger partial charge in [-0.3, -0.25) is 9.36 Å². The van der Waals surface area contributed by atoms with Crippen molar-refractivity contribution in [3.8, 4) is 11.1 Å². The number of anilines is 1. The van der Waals surface area contributed by atoms with Crippen LogP contribution in [0.25, 0.3) is 22.0 Å². The van der Waals surface area contributed by atoms with Gasteiger partial charge in [-0.2, -0.15) is 18.2 Å². The molecule has 1 saturated heterocycles. The van der Waals surface area contributed by atoms with E-state index in [2.05, 4.69) is 11.6 Å². The van der Waals surface area contributed by atoms with E-state index in [0.717, 1.165) is 30.0 Å². The number of carbonyl (C=O) groups is 1. The topological polar surface area (TPSA) is 58.4 Å². The van der Waals surface area contributed by atoms with Gasteiger partial charge in [0.2, 0.25) is 5.91 Å². The zero-order valence-corrected chi connectivity index (χ0v) is 22.7. The number of hydrogen-bond donors (Lipinski definition) is 0. The molecule has 2 aliphatic heterocycles. The third-order valence-electron chi connectivity index (χ3n) is 7.66. The maximum absolute atomic E-state index is 15.0. The quantitative estimate of drug-likeness (QED) is 0.281. The Kier molecular flexibility index (Phi) is 7.41. The Labute approximate surface area is 231 Å². The lowest BCUT2D eigenvalue weighted by Crippen LogP contribution is -2.61. The Balaban J connectivity index is 1.82. The molecule has 0 saturated carbocycles. The molecule has 3 heterocycles. The molecule has 2 aliphatic rings. The van der Waals surface area contributed by atoms with E-state index in [1.54, 1.807) is 4.90 Å². The van der Waals surface area contributed by atoms with Crippen molar-refractivity contribution in [2.45, 2.75) is 56.4 Å². The van der Waals surface area contributed by atoms with Gasteiger partial charge in [-0.1, -0.05) is 20.4 Å². The second-order valence-corrected chi connectivity index (χ2v) is 10.8. The molecule has 40 heavy (non-hydrogen) atoms. The summed E-state index contributed by atoms with van der Waals surface area (Å²) in [6.45, 7) is 8.15. The summed E-state index contributed by atoms with van der Waals surface area (Å²) >= 11 is 1.10. The van der Waals surface area contributed by atoms with Crippen LogP contribution in [0.15, 0.2) is 46.6 Å². The minimum atomic E-state index is -4.89. The van der Waals surface area contributed by atoms with Gasteiger partial charge >= 0.3 is 11.9 Å². The number of piperazine rings is 1. The van der Waals surface area contributed by atoms with E-state index in [1.165, 1.54) is 10.6 Å². The normalized spacial score (nSPS) is 19.3. The average Bonchev–Trinajstić information content (AvgIpc) is 2.93. The number of alkyl halides is 3. The number of thioether (sulfide) groups is 1. The van der Waals surface area contributed by atoms with Gasteiger partial charge in [0.05, 0.1) is 23.2 Å². The summed E-state index contributed by atoms with van der Waals surface area (Å²) in [5.41, 5.74) is -2.30. The fourth-order valence-corrected chi connectivity index (χ4v) is 7.18. The van der Waals surface area contributed by atoms with Crippen LogP contribution in [-0.2, 0) is 17.5 Å². The summed E-state index contributed by atoms with van der Waals surface area (Å²) in [6.07, 6.45) is -2.53. The molecule has 2 atom stereocenters. The van der Waals surface area contributed by atoms with E-state index < -0.39 is 40.2 Å². The maximum atomic E-state index is 15.0. The summed E-state index contributed by atoms with van der Waals surface area (Å²) in [4.78, 5) is 33.8. The molecule has 5 rings (SSSR count). The summed E-state index contributed by atoms with van der Waals surface area (Å²) in [5, 5.41) is 0.122. The third-order valence-corrected chi connectivity index (χ3v) is 8.73. The number of benzene rings is 2. The lowest BCUT2D eigenvalue weighted by Gasteiger charge is -2.48. The van der Waals surface area contributed by atoms with Crippen molar-refractivity contribution >= 4 is 34.4 Å². The molecular formula is C28H27F5N4O2S. The Bertz CT molecular complexity index is 1570. The fourth-order valence-electron chi connectivity index (χ4n) is 5.98. The standard InChI is InChI=1S/C28H27F5N4O2S/c1-4-20-21(5-2)36(10-9-35(20)22(38)6-3)26-17-14-18(28(31,32)33)23(16-8-7-15(29)13-19(16)30)25-24(17)37(11-12-40-25)27(39)34-26/h6-8,13-14,20-21H,3-5,9-12H2,1-2H3. The van der Waals surface area contributed by atoms with Crippen LogP contribution in [0.3, 0.4) is 0 Å². The molecule has 0 N–H and O–H groups in total. The van der Waals surface area contributed by atoms with Gasteiger partial charge in [0.25, 0.3) is 0 Å². The van der Waals surface area contributed by atoms with Crippen molar-refractivity contribution in [3.63, 3.8) is 0 Å². The zero-order valence-electron chi connectivity index (χ0n) is 21.9. The molecule has 1 aromatic heterocycles. The first-order valence-electron chi connectivity index (χ1n) is 13.0. The minimum absolute atomic E-state index is 0.0999.